The molecule has 1 aliphatic heterocycles. The highest BCUT2D eigenvalue weighted by atomic mass is 16.4. The van der Waals surface area contributed by atoms with E-state index in [4.69, 9.17) is 10.2 Å². The summed E-state index contributed by atoms with van der Waals surface area (Å²) in [4.78, 5) is 29.9. The first-order valence-corrected chi connectivity index (χ1v) is 6.76. The number of aromatic nitrogens is 1. The number of oxazole rings is 1. The number of nitrogen functional groups attached to an aromatic ring is 1. The van der Waals surface area contributed by atoms with Crippen molar-refractivity contribution in [3.8, 4) is 0 Å². The van der Waals surface area contributed by atoms with E-state index in [9.17, 15) is 9.59 Å². The SMILES string of the molecule is CN1CCN(c2cc3[nH]c(=O)oc3cc2N)C(C)(C)C1=O. The predicted molar refractivity (Wildman–Crippen MR) is 80.3 cm³/mol. The highest BCUT2D eigenvalue weighted by Gasteiger charge is 2.41. The Morgan fingerprint density at radius 1 is 1.29 bits per heavy atom. The van der Waals surface area contributed by atoms with Crippen molar-refractivity contribution in [1.29, 1.82) is 0 Å². The van der Waals surface area contributed by atoms with Gasteiger partial charge in [0.05, 0.1) is 16.9 Å². The zero-order valence-electron chi connectivity index (χ0n) is 12.3. The summed E-state index contributed by atoms with van der Waals surface area (Å²) in [5, 5.41) is 0. The van der Waals surface area contributed by atoms with Gasteiger partial charge in [-0.2, -0.15) is 0 Å². The molecule has 0 radical (unpaired) electrons. The van der Waals surface area contributed by atoms with Crippen molar-refractivity contribution in [3.05, 3.63) is 22.7 Å². The van der Waals surface area contributed by atoms with Crippen LogP contribution in [0.4, 0.5) is 11.4 Å². The summed E-state index contributed by atoms with van der Waals surface area (Å²) in [5.41, 5.74) is 7.59. The molecule has 7 nitrogen and oxygen atoms in total. The number of nitrogens with zero attached hydrogens (tertiary/aromatic N) is 2. The summed E-state index contributed by atoms with van der Waals surface area (Å²) in [6.45, 7) is 5.04. The van der Waals surface area contributed by atoms with Gasteiger partial charge in [0.15, 0.2) is 5.58 Å². The van der Waals surface area contributed by atoms with Gasteiger partial charge in [0.25, 0.3) is 0 Å². The summed E-state index contributed by atoms with van der Waals surface area (Å²) >= 11 is 0. The van der Waals surface area contributed by atoms with Gasteiger partial charge < -0.3 is 20.0 Å². The molecule has 112 valence electrons. The third kappa shape index (κ3) is 1.96. The summed E-state index contributed by atoms with van der Waals surface area (Å²) in [5.74, 6) is -0.482. The molecule has 3 rings (SSSR count). The Morgan fingerprint density at radius 2 is 2.00 bits per heavy atom. The van der Waals surface area contributed by atoms with Gasteiger partial charge in [-0.1, -0.05) is 0 Å². The van der Waals surface area contributed by atoms with E-state index in [1.165, 1.54) is 0 Å². The molecule has 1 saturated heterocycles. The number of carbonyl (C=O) groups is 1. The minimum Gasteiger partial charge on any atom is -0.408 e. The molecule has 1 aromatic heterocycles. The molecule has 0 aliphatic carbocycles. The molecule has 0 unspecified atom stereocenters. The van der Waals surface area contributed by atoms with Crippen LogP contribution in [0.2, 0.25) is 0 Å². The number of carbonyl (C=O) groups excluding carboxylic acids is 1. The van der Waals surface area contributed by atoms with Gasteiger partial charge in [-0.3, -0.25) is 9.78 Å². The number of likely N-dealkylation sites (N-methyl/N-ethyl adjacent to an activating group) is 1. The quantitative estimate of drug-likeness (QED) is 0.756. The minimum absolute atomic E-state index is 0.0361. The highest BCUT2D eigenvalue weighted by Crippen LogP contribution is 2.34. The molecule has 21 heavy (non-hydrogen) atoms. The van der Waals surface area contributed by atoms with Crippen LogP contribution >= 0.6 is 0 Å². The Bertz CT molecular complexity index is 774. The number of aromatic amines is 1. The van der Waals surface area contributed by atoms with Crippen molar-refractivity contribution < 1.29 is 9.21 Å². The second kappa shape index (κ2) is 4.28. The maximum Gasteiger partial charge on any atom is 0.417 e. The van der Waals surface area contributed by atoms with Crippen molar-refractivity contribution in [3.63, 3.8) is 0 Å². The number of hydrogen-bond donors (Lipinski definition) is 2. The zero-order valence-corrected chi connectivity index (χ0v) is 12.3. The van der Waals surface area contributed by atoms with Crippen LogP contribution in [0.1, 0.15) is 13.8 Å². The van der Waals surface area contributed by atoms with Crippen LogP contribution in [0.25, 0.3) is 11.1 Å². The number of rotatable bonds is 1. The normalized spacial score (nSPS) is 18.5. The molecule has 1 aromatic carbocycles. The van der Waals surface area contributed by atoms with E-state index in [0.29, 0.717) is 29.9 Å². The largest absolute Gasteiger partial charge is 0.417 e. The molecule has 2 aromatic rings. The number of amides is 1. The van der Waals surface area contributed by atoms with E-state index in [-0.39, 0.29) is 5.91 Å². The molecule has 0 saturated carbocycles. The number of anilines is 2. The number of piperazine rings is 1. The maximum absolute atomic E-state index is 12.4. The van der Waals surface area contributed by atoms with Gasteiger partial charge in [-0.25, -0.2) is 4.79 Å². The number of fused-ring (bicyclic) bond motifs is 1. The van der Waals surface area contributed by atoms with Crippen LogP contribution < -0.4 is 16.4 Å². The second-order valence-corrected chi connectivity index (χ2v) is 5.86. The van der Waals surface area contributed by atoms with Gasteiger partial charge in [0.2, 0.25) is 5.91 Å². The van der Waals surface area contributed by atoms with Gasteiger partial charge >= 0.3 is 5.76 Å². The average Bonchev–Trinajstić information content (AvgIpc) is 2.75. The molecule has 3 N–H and O–H groups in total. The molecule has 1 amide bonds. The molecular weight excluding hydrogens is 272 g/mol. The van der Waals surface area contributed by atoms with Crippen molar-refractivity contribution in [2.75, 3.05) is 30.8 Å². The summed E-state index contributed by atoms with van der Waals surface area (Å²) < 4.78 is 5.00. The summed E-state index contributed by atoms with van der Waals surface area (Å²) in [6.07, 6.45) is 0. The fourth-order valence-electron chi connectivity index (χ4n) is 2.87. The molecule has 7 heteroatoms. The van der Waals surface area contributed by atoms with Crippen molar-refractivity contribution >= 4 is 28.4 Å². The van der Waals surface area contributed by atoms with Crippen molar-refractivity contribution in [2.24, 2.45) is 0 Å². The maximum atomic E-state index is 12.4. The van der Waals surface area contributed by atoms with E-state index < -0.39 is 11.3 Å². The fraction of sp³-hybridized carbons (Fsp3) is 0.429. The van der Waals surface area contributed by atoms with Gasteiger partial charge in [-0.15, -0.1) is 0 Å². The molecule has 2 heterocycles. The van der Waals surface area contributed by atoms with E-state index in [2.05, 4.69) is 4.98 Å². The number of benzene rings is 1. The topological polar surface area (TPSA) is 95.6 Å². The van der Waals surface area contributed by atoms with Crippen LogP contribution in [-0.2, 0) is 4.79 Å². The van der Waals surface area contributed by atoms with Gasteiger partial charge in [0, 0.05) is 26.2 Å². The first-order chi connectivity index (χ1) is 9.80. The highest BCUT2D eigenvalue weighted by molar-refractivity contribution is 5.94. The lowest BCUT2D eigenvalue weighted by atomic mass is 9.96. The number of nitrogens with two attached hydrogens (primary N) is 1. The summed E-state index contributed by atoms with van der Waals surface area (Å²) in [7, 11) is 1.79. The fourth-order valence-corrected chi connectivity index (χ4v) is 2.87. The van der Waals surface area contributed by atoms with Crippen LogP contribution in [0.3, 0.4) is 0 Å². The first-order valence-electron chi connectivity index (χ1n) is 6.76. The van der Waals surface area contributed by atoms with E-state index in [0.717, 1.165) is 5.69 Å². The van der Waals surface area contributed by atoms with Crippen LogP contribution in [0, 0.1) is 0 Å². The number of nitrogens with one attached hydrogen (secondary N) is 1. The smallest absolute Gasteiger partial charge is 0.408 e. The van der Waals surface area contributed by atoms with Gasteiger partial charge in [0.1, 0.15) is 5.54 Å². The first kappa shape index (κ1) is 13.5. The van der Waals surface area contributed by atoms with Crippen molar-refractivity contribution in [1.82, 2.24) is 9.88 Å². The Labute approximate surface area is 121 Å². The van der Waals surface area contributed by atoms with Gasteiger partial charge in [-0.05, 0) is 19.9 Å². The lowest BCUT2D eigenvalue weighted by Crippen LogP contribution is -2.62. The minimum atomic E-state index is -0.696. The number of H-pyrrole nitrogens is 1. The third-order valence-electron chi connectivity index (χ3n) is 4.06. The Balaban J connectivity index is 2.13. The molecule has 1 fully saturated rings. The van der Waals surface area contributed by atoms with E-state index >= 15 is 0 Å². The Morgan fingerprint density at radius 3 is 2.71 bits per heavy atom. The van der Waals surface area contributed by atoms with E-state index in [1.807, 2.05) is 18.7 Å². The monoisotopic (exact) mass is 290 g/mol. The standard InChI is InChI=1S/C14H18N4O3/c1-14(2)12(19)17(3)4-5-18(14)10-7-9-11(6-8(10)15)21-13(20)16-9/h6-7H,4-5,15H2,1-3H3,(H,16,20). The molecule has 1 aliphatic rings. The van der Waals surface area contributed by atoms with E-state index in [1.54, 1.807) is 24.1 Å². The van der Waals surface area contributed by atoms with Crippen molar-refractivity contribution in [2.45, 2.75) is 19.4 Å². The average molecular weight is 290 g/mol. The number of hydrogen-bond acceptors (Lipinski definition) is 5. The molecule has 0 spiro atoms. The lowest BCUT2D eigenvalue weighted by Gasteiger charge is -2.46. The van der Waals surface area contributed by atoms with Crippen LogP contribution in [0.15, 0.2) is 21.3 Å². The predicted octanol–water partition coefficient (Wildman–Crippen LogP) is 0.760. The molecule has 0 atom stereocenters. The zero-order chi connectivity index (χ0) is 15.4. The lowest BCUT2D eigenvalue weighted by molar-refractivity contribution is -0.136. The Kier molecular flexibility index (Phi) is 2.76. The third-order valence-corrected chi connectivity index (χ3v) is 4.06. The Hall–Kier alpha value is -2.44. The molecule has 0 bridgehead atoms. The van der Waals surface area contributed by atoms with Crippen LogP contribution in [-0.4, -0.2) is 41.5 Å². The summed E-state index contributed by atoms with van der Waals surface area (Å²) in [6, 6.07) is 3.37. The molecular formula is C14H18N4O3. The van der Waals surface area contributed by atoms with Crippen LogP contribution in [0.5, 0.6) is 0 Å². The second-order valence-electron chi connectivity index (χ2n) is 5.86.